The highest BCUT2D eigenvalue weighted by molar-refractivity contribution is 5.82. The van der Waals surface area contributed by atoms with Crippen molar-refractivity contribution in [3.05, 3.63) is 12.2 Å². The summed E-state index contributed by atoms with van der Waals surface area (Å²) in [6.45, 7) is 9.95. The molecule has 22 heavy (non-hydrogen) atoms. The Morgan fingerprint density at radius 3 is 2.05 bits per heavy atom. The van der Waals surface area contributed by atoms with Crippen LogP contribution in [0.2, 0.25) is 0 Å². The fourth-order valence-electron chi connectivity index (χ4n) is 2.98. The van der Waals surface area contributed by atoms with Crippen molar-refractivity contribution in [3.63, 3.8) is 0 Å². The number of hydrogen-bond acceptors (Lipinski definition) is 3. The van der Waals surface area contributed by atoms with Crippen molar-refractivity contribution in [1.29, 1.82) is 0 Å². The molecule has 1 saturated heterocycles. The van der Waals surface area contributed by atoms with Crippen molar-refractivity contribution < 1.29 is 9.53 Å². The molecule has 0 spiro atoms. The van der Waals surface area contributed by atoms with Crippen LogP contribution in [0.4, 0.5) is 0 Å². The Kier molecular flexibility index (Phi) is 8.77. The molecule has 1 heterocycles. The summed E-state index contributed by atoms with van der Waals surface area (Å²) in [5.74, 6) is -0.128. The number of carbonyl (C=O) groups excluding carboxylic acids is 1. The lowest BCUT2D eigenvalue weighted by Gasteiger charge is -2.20. The number of hydrogen-bond donors (Lipinski definition) is 1. The molecule has 0 aliphatic carbocycles. The zero-order chi connectivity index (χ0) is 16.4. The summed E-state index contributed by atoms with van der Waals surface area (Å²) in [6, 6.07) is 0. The second-order valence-electron chi connectivity index (χ2n) is 7.04. The fourth-order valence-corrected chi connectivity index (χ4v) is 2.98. The number of carbonyl (C=O) groups is 1. The van der Waals surface area contributed by atoms with Gasteiger partial charge in [0.25, 0.3) is 0 Å². The lowest BCUT2D eigenvalue weighted by molar-refractivity contribution is -0.144. The topological polar surface area (TPSA) is 38.3 Å². The summed E-state index contributed by atoms with van der Waals surface area (Å²) in [5.41, 5.74) is 0.337. The van der Waals surface area contributed by atoms with Crippen molar-refractivity contribution in [2.45, 2.75) is 103 Å². The zero-order valence-electron chi connectivity index (χ0n) is 14.9. The molecular formula is C19H35NO2. The summed E-state index contributed by atoms with van der Waals surface area (Å²) in [7, 11) is 0. The molecule has 0 amide bonds. The van der Waals surface area contributed by atoms with E-state index in [9.17, 15) is 4.79 Å². The summed E-state index contributed by atoms with van der Waals surface area (Å²) < 4.78 is 5.33. The Morgan fingerprint density at radius 1 is 1.09 bits per heavy atom. The molecule has 0 aromatic carbocycles. The average Bonchev–Trinajstić information content (AvgIpc) is 2.77. The molecule has 0 aromatic rings. The van der Waals surface area contributed by atoms with Crippen LogP contribution in [-0.2, 0) is 9.53 Å². The molecule has 0 radical (unpaired) electrons. The van der Waals surface area contributed by atoms with Gasteiger partial charge in [0.15, 0.2) is 6.23 Å². The lowest BCUT2D eigenvalue weighted by Crippen LogP contribution is -2.44. The van der Waals surface area contributed by atoms with E-state index in [-0.39, 0.29) is 12.2 Å². The average molecular weight is 309 g/mol. The van der Waals surface area contributed by atoms with Gasteiger partial charge in [0.05, 0.1) is 0 Å². The second-order valence-corrected chi connectivity index (χ2v) is 7.04. The first-order valence-corrected chi connectivity index (χ1v) is 9.14. The molecule has 128 valence electrons. The normalized spacial score (nSPS) is 24.5. The number of unbranched alkanes of at least 4 members (excludes halogenated alkanes) is 9. The van der Waals surface area contributed by atoms with Crippen LogP contribution in [0.15, 0.2) is 12.2 Å². The van der Waals surface area contributed by atoms with Crippen LogP contribution in [0.25, 0.3) is 0 Å². The maximum atomic E-state index is 12.0. The zero-order valence-corrected chi connectivity index (χ0v) is 14.9. The molecule has 1 rings (SSSR count). The first kappa shape index (κ1) is 19.2. The Bertz CT molecular complexity index is 353. The van der Waals surface area contributed by atoms with Crippen LogP contribution in [0.3, 0.4) is 0 Å². The molecule has 0 bridgehead atoms. The van der Waals surface area contributed by atoms with Gasteiger partial charge in [-0.05, 0) is 25.8 Å². The van der Waals surface area contributed by atoms with Gasteiger partial charge < -0.3 is 4.74 Å². The van der Waals surface area contributed by atoms with E-state index in [1.165, 1.54) is 57.8 Å². The Balaban J connectivity index is 2.05. The van der Waals surface area contributed by atoms with Gasteiger partial charge in [-0.3, -0.25) is 5.32 Å². The minimum absolute atomic E-state index is 0.128. The predicted octanol–water partition coefficient (Wildman–Crippen LogP) is 5.10. The number of nitrogens with one attached hydrogen (secondary N) is 1. The Morgan fingerprint density at radius 2 is 1.59 bits per heavy atom. The smallest absolute Gasteiger partial charge is 0.327 e. The molecule has 1 aliphatic rings. The van der Waals surface area contributed by atoms with E-state index in [0.29, 0.717) is 0 Å². The van der Waals surface area contributed by atoms with E-state index in [0.717, 1.165) is 18.4 Å². The van der Waals surface area contributed by atoms with Crippen LogP contribution >= 0.6 is 0 Å². The summed E-state index contributed by atoms with van der Waals surface area (Å²) >= 11 is 0. The van der Waals surface area contributed by atoms with Crippen LogP contribution in [0.5, 0.6) is 0 Å². The van der Waals surface area contributed by atoms with E-state index in [1.807, 2.05) is 13.8 Å². The lowest BCUT2D eigenvalue weighted by atomic mass is 9.94. The van der Waals surface area contributed by atoms with Gasteiger partial charge in [-0.25, -0.2) is 4.79 Å². The molecule has 2 unspecified atom stereocenters. The van der Waals surface area contributed by atoms with E-state index in [4.69, 9.17) is 4.74 Å². The van der Waals surface area contributed by atoms with Gasteiger partial charge >= 0.3 is 5.97 Å². The van der Waals surface area contributed by atoms with Crippen molar-refractivity contribution in [2.24, 2.45) is 0 Å². The van der Waals surface area contributed by atoms with Gasteiger partial charge in [0.2, 0.25) is 0 Å². The first-order valence-electron chi connectivity index (χ1n) is 9.14. The highest BCUT2D eigenvalue weighted by Gasteiger charge is 2.44. The standard InChI is InChI=1S/C19H35NO2/c1-5-6-7-8-9-10-11-12-13-14-15-19(4)18(21)22-17(20-19)16(2)3/h17,20H,2,5-15H2,1,3-4H3. The highest BCUT2D eigenvalue weighted by Crippen LogP contribution is 2.26. The van der Waals surface area contributed by atoms with E-state index < -0.39 is 5.54 Å². The van der Waals surface area contributed by atoms with Crippen LogP contribution in [0, 0.1) is 0 Å². The summed E-state index contributed by atoms with van der Waals surface area (Å²) in [4.78, 5) is 12.0. The Labute approximate surface area is 136 Å². The summed E-state index contributed by atoms with van der Waals surface area (Å²) in [6.07, 6.45) is 13.7. The van der Waals surface area contributed by atoms with Crippen molar-refractivity contribution in [3.8, 4) is 0 Å². The van der Waals surface area contributed by atoms with Crippen molar-refractivity contribution in [1.82, 2.24) is 5.32 Å². The SMILES string of the molecule is C=C(C)C1NC(C)(CCCCCCCCCCCC)C(=O)O1. The fraction of sp³-hybridized carbons (Fsp3) is 0.842. The minimum atomic E-state index is -0.524. The first-order chi connectivity index (χ1) is 10.5. The maximum Gasteiger partial charge on any atom is 0.327 e. The molecule has 0 saturated carbocycles. The van der Waals surface area contributed by atoms with Gasteiger partial charge in [-0.2, -0.15) is 0 Å². The quantitative estimate of drug-likeness (QED) is 0.309. The predicted molar refractivity (Wildman–Crippen MR) is 92.7 cm³/mol. The molecule has 3 nitrogen and oxygen atoms in total. The molecule has 1 N–H and O–H groups in total. The third kappa shape index (κ3) is 6.51. The van der Waals surface area contributed by atoms with Crippen molar-refractivity contribution >= 4 is 5.97 Å². The summed E-state index contributed by atoms with van der Waals surface area (Å²) in [5, 5.41) is 3.28. The van der Waals surface area contributed by atoms with Gasteiger partial charge in [0, 0.05) is 0 Å². The number of rotatable bonds is 12. The molecule has 3 heteroatoms. The van der Waals surface area contributed by atoms with E-state index >= 15 is 0 Å². The van der Waals surface area contributed by atoms with E-state index in [1.54, 1.807) is 0 Å². The molecule has 1 aliphatic heterocycles. The monoisotopic (exact) mass is 309 g/mol. The number of ether oxygens (including phenoxy) is 1. The second kappa shape index (κ2) is 10.0. The largest absolute Gasteiger partial charge is 0.441 e. The van der Waals surface area contributed by atoms with Crippen LogP contribution in [0.1, 0.15) is 91.4 Å². The number of cyclic esters (lactones) is 1. The van der Waals surface area contributed by atoms with Gasteiger partial charge in [0.1, 0.15) is 5.54 Å². The minimum Gasteiger partial charge on any atom is -0.441 e. The third-order valence-electron chi connectivity index (χ3n) is 4.60. The van der Waals surface area contributed by atoms with Gasteiger partial charge in [-0.15, -0.1) is 0 Å². The number of esters is 1. The third-order valence-corrected chi connectivity index (χ3v) is 4.60. The van der Waals surface area contributed by atoms with Crippen LogP contribution < -0.4 is 5.32 Å². The molecular weight excluding hydrogens is 274 g/mol. The Hall–Kier alpha value is -0.830. The molecule has 0 aromatic heterocycles. The van der Waals surface area contributed by atoms with Gasteiger partial charge in [-0.1, -0.05) is 77.7 Å². The van der Waals surface area contributed by atoms with E-state index in [2.05, 4.69) is 18.8 Å². The molecule has 1 fully saturated rings. The molecule has 2 atom stereocenters. The van der Waals surface area contributed by atoms with Crippen molar-refractivity contribution in [2.75, 3.05) is 0 Å². The highest BCUT2D eigenvalue weighted by atomic mass is 16.6. The maximum absolute atomic E-state index is 12.0. The van der Waals surface area contributed by atoms with Crippen LogP contribution in [-0.4, -0.2) is 17.7 Å².